The third-order valence-electron chi connectivity index (χ3n) is 5.28. The lowest BCUT2D eigenvalue weighted by atomic mass is 10.0. The second-order valence-corrected chi connectivity index (χ2v) is 6.84. The molecule has 0 saturated heterocycles. The quantitative estimate of drug-likeness (QED) is 0.600. The molecule has 0 aromatic carbocycles. The lowest BCUT2D eigenvalue weighted by molar-refractivity contribution is 0.135. The first-order valence-corrected chi connectivity index (χ1v) is 7.90. The average Bonchev–Trinajstić information content (AvgIpc) is 2.87. The van der Waals surface area contributed by atoms with Gasteiger partial charge in [0, 0.05) is 13.2 Å². The molecule has 3 heteroatoms. The standard InChI is InChI=1S/C16H34N2O/c1-6-12(2)10-18-8-7-14(17)9-15-13(3)16(15,4)11-19-5/h12-15,18H,6-11,17H2,1-5H3. The van der Waals surface area contributed by atoms with Crippen LogP contribution in [0.15, 0.2) is 0 Å². The van der Waals surface area contributed by atoms with E-state index in [9.17, 15) is 0 Å². The first-order chi connectivity index (χ1) is 8.95. The van der Waals surface area contributed by atoms with Crippen LogP contribution < -0.4 is 11.1 Å². The third kappa shape index (κ3) is 4.73. The molecule has 0 radical (unpaired) electrons. The van der Waals surface area contributed by atoms with Crippen LogP contribution in [0.3, 0.4) is 0 Å². The van der Waals surface area contributed by atoms with Crippen molar-refractivity contribution in [2.75, 3.05) is 26.8 Å². The summed E-state index contributed by atoms with van der Waals surface area (Å²) in [5.74, 6) is 2.27. The highest BCUT2D eigenvalue weighted by Crippen LogP contribution is 2.60. The minimum atomic E-state index is 0.329. The molecule has 5 unspecified atom stereocenters. The van der Waals surface area contributed by atoms with Crippen LogP contribution in [-0.4, -0.2) is 32.8 Å². The molecule has 114 valence electrons. The maximum atomic E-state index is 6.26. The highest BCUT2D eigenvalue weighted by atomic mass is 16.5. The number of hydrogen-bond donors (Lipinski definition) is 2. The molecular weight excluding hydrogens is 236 g/mol. The minimum absolute atomic E-state index is 0.329. The smallest absolute Gasteiger partial charge is 0.0521 e. The van der Waals surface area contributed by atoms with Crippen LogP contribution in [0.2, 0.25) is 0 Å². The molecule has 0 amide bonds. The average molecular weight is 270 g/mol. The van der Waals surface area contributed by atoms with Crippen molar-refractivity contribution in [1.82, 2.24) is 5.32 Å². The van der Waals surface area contributed by atoms with E-state index in [1.807, 2.05) is 0 Å². The molecule has 0 bridgehead atoms. The Balaban J connectivity index is 2.13. The van der Waals surface area contributed by atoms with Crippen molar-refractivity contribution < 1.29 is 4.74 Å². The molecule has 1 aliphatic rings. The maximum absolute atomic E-state index is 6.26. The lowest BCUT2D eigenvalue weighted by Crippen LogP contribution is -2.29. The van der Waals surface area contributed by atoms with E-state index in [2.05, 4.69) is 33.0 Å². The summed E-state index contributed by atoms with van der Waals surface area (Å²) in [6, 6.07) is 0.329. The van der Waals surface area contributed by atoms with Gasteiger partial charge in [-0.2, -0.15) is 0 Å². The van der Waals surface area contributed by atoms with Crippen LogP contribution in [0, 0.1) is 23.2 Å². The molecule has 3 nitrogen and oxygen atoms in total. The molecule has 0 heterocycles. The van der Waals surface area contributed by atoms with E-state index < -0.39 is 0 Å². The molecule has 0 spiro atoms. The summed E-state index contributed by atoms with van der Waals surface area (Å²) < 4.78 is 5.34. The van der Waals surface area contributed by atoms with Crippen LogP contribution in [0.1, 0.15) is 47.0 Å². The van der Waals surface area contributed by atoms with Crippen LogP contribution in [0.5, 0.6) is 0 Å². The predicted octanol–water partition coefficient (Wildman–Crippen LogP) is 2.65. The normalized spacial score (nSPS) is 33.2. The molecule has 1 saturated carbocycles. The van der Waals surface area contributed by atoms with E-state index in [0.29, 0.717) is 11.5 Å². The number of nitrogens with one attached hydrogen (secondary N) is 1. The second-order valence-electron chi connectivity index (χ2n) is 6.84. The predicted molar refractivity (Wildman–Crippen MR) is 82.2 cm³/mol. The van der Waals surface area contributed by atoms with E-state index in [-0.39, 0.29) is 0 Å². The molecule has 1 aliphatic carbocycles. The lowest BCUT2D eigenvalue weighted by Gasteiger charge is -2.15. The summed E-state index contributed by atoms with van der Waals surface area (Å²) in [5.41, 5.74) is 6.63. The zero-order valence-electron chi connectivity index (χ0n) is 13.5. The molecule has 0 aromatic heterocycles. The highest BCUT2D eigenvalue weighted by molar-refractivity contribution is 5.06. The van der Waals surface area contributed by atoms with Crippen LogP contribution >= 0.6 is 0 Å². The summed E-state index contributed by atoms with van der Waals surface area (Å²) in [6.45, 7) is 12.2. The molecule has 5 atom stereocenters. The molecule has 1 fully saturated rings. The summed E-state index contributed by atoms with van der Waals surface area (Å²) in [4.78, 5) is 0. The Kier molecular flexibility index (Phi) is 6.78. The van der Waals surface area contributed by atoms with Crippen molar-refractivity contribution in [3.8, 4) is 0 Å². The summed E-state index contributed by atoms with van der Waals surface area (Å²) in [6.07, 6.45) is 3.47. The van der Waals surface area contributed by atoms with E-state index >= 15 is 0 Å². The van der Waals surface area contributed by atoms with Crippen molar-refractivity contribution in [2.45, 2.75) is 53.0 Å². The van der Waals surface area contributed by atoms with Crippen LogP contribution in [0.25, 0.3) is 0 Å². The molecule has 3 N–H and O–H groups in total. The van der Waals surface area contributed by atoms with Gasteiger partial charge in [0.1, 0.15) is 0 Å². The molecule has 0 aromatic rings. The van der Waals surface area contributed by atoms with E-state index in [4.69, 9.17) is 10.5 Å². The zero-order valence-corrected chi connectivity index (χ0v) is 13.5. The van der Waals surface area contributed by atoms with Gasteiger partial charge in [-0.05, 0) is 49.1 Å². The van der Waals surface area contributed by atoms with Gasteiger partial charge >= 0.3 is 0 Å². The number of hydrogen-bond acceptors (Lipinski definition) is 3. The molecular formula is C16H34N2O. The zero-order chi connectivity index (χ0) is 14.5. The van der Waals surface area contributed by atoms with Gasteiger partial charge in [0.2, 0.25) is 0 Å². The van der Waals surface area contributed by atoms with Gasteiger partial charge in [-0.3, -0.25) is 0 Å². The van der Waals surface area contributed by atoms with Gasteiger partial charge < -0.3 is 15.8 Å². The van der Waals surface area contributed by atoms with Crippen molar-refractivity contribution in [3.05, 3.63) is 0 Å². The van der Waals surface area contributed by atoms with Crippen LogP contribution in [0.4, 0.5) is 0 Å². The fraction of sp³-hybridized carbons (Fsp3) is 1.00. The summed E-state index contributed by atoms with van der Waals surface area (Å²) in [7, 11) is 1.80. The monoisotopic (exact) mass is 270 g/mol. The molecule has 1 rings (SSSR count). The molecule has 19 heavy (non-hydrogen) atoms. The van der Waals surface area contributed by atoms with Gasteiger partial charge in [0.05, 0.1) is 6.61 Å². The number of nitrogens with two attached hydrogens (primary N) is 1. The summed E-state index contributed by atoms with van der Waals surface area (Å²) >= 11 is 0. The Morgan fingerprint density at radius 1 is 1.42 bits per heavy atom. The third-order valence-corrected chi connectivity index (χ3v) is 5.28. The van der Waals surface area contributed by atoms with E-state index in [1.165, 1.54) is 6.42 Å². The minimum Gasteiger partial charge on any atom is -0.384 e. The second kappa shape index (κ2) is 7.61. The Bertz CT molecular complexity index is 259. The Hall–Kier alpha value is -0.120. The van der Waals surface area contributed by atoms with E-state index in [0.717, 1.165) is 50.3 Å². The van der Waals surface area contributed by atoms with Crippen molar-refractivity contribution in [1.29, 1.82) is 0 Å². The van der Waals surface area contributed by atoms with Gasteiger partial charge in [0.25, 0.3) is 0 Å². The van der Waals surface area contributed by atoms with Crippen molar-refractivity contribution >= 4 is 0 Å². The largest absolute Gasteiger partial charge is 0.384 e. The Morgan fingerprint density at radius 3 is 2.68 bits per heavy atom. The fourth-order valence-corrected chi connectivity index (χ4v) is 3.16. The maximum Gasteiger partial charge on any atom is 0.0521 e. The number of ether oxygens (including phenoxy) is 1. The van der Waals surface area contributed by atoms with Gasteiger partial charge in [-0.15, -0.1) is 0 Å². The number of methoxy groups -OCH3 is 1. The first-order valence-electron chi connectivity index (χ1n) is 7.90. The van der Waals surface area contributed by atoms with Gasteiger partial charge in [-0.1, -0.05) is 34.1 Å². The van der Waals surface area contributed by atoms with Gasteiger partial charge in [0.15, 0.2) is 0 Å². The van der Waals surface area contributed by atoms with Gasteiger partial charge in [-0.25, -0.2) is 0 Å². The fourth-order valence-electron chi connectivity index (χ4n) is 3.16. The summed E-state index contributed by atoms with van der Waals surface area (Å²) in [5, 5.41) is 3.51. The highest BCUT2D eigenvalue weighted by Gasteiger charge is 2.57. The first kappa shape index (κ1) is 16.9. The topological polar surface area (TPSA) is 47.3 Å². The van der Waals surface area contributed by atoms with Crippen LogP contribution in [-0.2, 0) is 4.74 Å². The number of rotatable bonds is 10. The SMILES string of the molecule is CCC(C)CNCCC(N)CC1C(C)C1(C)COC. The Labute approximate surface area is 119 Å². The Morgan fingerprint density at radius 2 is 2.11 bits per heavy atom. The van der Waals surface area contributed by atoms with E-state index in [1.54, 1.807) is 7.11 Å². The van der Waals surface area contributed by atoms with Crippen molar-refractivity contribution in [2.24, 2.45) is 28.9 Å². The molecule has 0 aliphatic heterocycles. The van der Waals surface area contributed by atoms with Crippen molar-refractivity contribution in [3.63, 3.8) is 0 Å².